The van der Waals surface area contributed by atoms with Crippen molar-refractivity contribution in [2.24, 2.45) is 5.84 Å². The first-order valence-corrected chi connectivity index (χ1v) is 6.19. The maximum Gasteiger partial charge on any atom is 0.267 e. The molecule has 0 spiro atoms. The van der Waals surface area contributed by atoms with Crippen LogP contribution in [0, 0.1) is 10.5 Å². The Balaban J connectivity index is 2.33. The van der Waals surface area contributed by atoms with E-state index in [9.17, 15) is 4.79 Å². The lowest BCUT2D eigenvalue weighted by Crippen LogP contribution is -2.26. The predicted octanol–water partition coefficient (Wildman–Crippen LogP) is 0.280. The molecule has 2 heterocycles. The van der Waals surface area contributed by atoms with Gasteiger partial charge in [-0.1, -0.05) is 0 Å². The van der Waals surface area contributed by atoms with Gasteiger partial charge < -0.3 is 5.43 Å². The van der Waals surface area contributed by atoms with Crippen LogP contribution in [0.2, 0.25) is 0 Å². The Morgan fingerprint density at radius 3 is 2.72 bits per heavy atom. The molecule has 0 fully saturated rings. The Hall–Kier alpha value is -1.55. The fourth-order valence-corrected chi connectivity index (χ4v) is 1.84. The molecule has 0 aliphatic carbocycles. The maximum absolute atomic E-state index is 12.0. The highest BCUT2D eigenvalue weighted by Crippen LogP contribution is 2.03. The Labute approximate surface area is 117 Å². The summed E-state index contributed by atoms with van der Waals surface area (Å²) in [5.41, 5.74) is 2.99. The van der Waals surface area contributed by atoms with Gasteiger partial charge in [0.05, 0.1) is 28.2 Å². The van der Waals surface area contributed by atoms with Crippen molar-refractivity contribution in [3.8, 4) is 0 Å². The monoisotopic (exact) mass is 358 g/mol. The third-order valence-corrected chi connectivity index (χ3v) is 3.12. The molecule has 0 atom stereocenters. The summed E-state index contributed by atoms with van der Waals surface area (Å²) in [5, 5.41) is 0. The van der Waals surface area contributed by atoms with Gasteiger partial charge in [0, 0.05) is 6.20 Å². The molecule has 94 valence electrons. The van der Waals surface area contributed by atoms with Gasteiger partial charge >= 0.3 is 0 Å². The second-order valence-corrected chi connectivity index (χ2v) is 4.74. The highest BCUT2D eigenvalue weighted by Gasteiger charge is 2.07. The van der Waals surface area contributed by atoms with E-state index in [1.165, 1.54) is 6.20 Å². The summed E-state index contributed by atoms with van der Waals surface area (Å²) in [6.45, 7) is 2.12. The summed E-state index contributed by atoms with van der Waals surface area (Å²) >= 11 is 1.96. The maximum atomic E-state index is 12.0. The Morgan fingerprint density at radius 2 is 2.11 bits per heavy atom. The fourth-order valence-electron chi connectivity index (χ4n) is 1.41. The Bertz CT molecular complexity index is 609. The standard InChI is InChI=1S/C10H11IN6O/c1-6-13-3-8(11)10(18)17(6)5-7-2-15-9(16-12)4-14-7/h2-4H,5,12H2,1H3,(H,15,16). The molecule has 0 saturated heterocycles. The van der Waals surface area contributed by atoms with Crippen LogP contribution in [-0.2, 0) is 6.54 Å². The smallest absolute Gasteiger partial charge is 0.267 e. The van der Waals surface area contributed by atoms with Crippen molar-refractivity contribution >= 4 is 28.4 Å². The van der Waals surface area contributed by atoms with Crippen molar-refractivity contribution in [2.45, 2.75) is 13.5 Å². The molecule has 0 bridgehead atoms. The molecule has 3 N–H and O–H groups in total. The summed E-state index contributed by atoms with van der Waals surface area (Å²) in [7, 11) is 0. The van der Waals surface area contributed by atoms with E-state index in [-0.39, 0.29) is 5.56 Å². The largest absolute Gasteiger partial charge is 0.307 e. The Morgan fingerprint density at radius 1 is 1.33 bits per heavy atom. The van der Waals surface area contributed by atoms with Gasteiger partial charge in [-0.05, 0) is 29.5 Å². The molecule has 0 amide bonds. The first-order valence-electron chi connectivity index (χ1n) is 5.11. The van der Waals surface area contributed by atoms with Gasteiger partial charge in [-0.15, -0.1) is 0 Å². The highest BCUT2D eigenvalue weighted by molar-refractivity contribution is 14.1. The van der Waals surface area contributed by atoms with Gasteiger partial charge in [-0.2, -0.15) is 0 Å². The lowest BCUT2D eigenvalue weighted by molar-refractivity contribution is 0.679. The van der Waals surface area contributed by atoms with Gasteiger partial charge in [0.2, 0.25) is 0 Å². The van der Waals surface area contributed by atoms with Crippen molar-refractivity contribution in [1.82, 2.24) is 19.5 Å². The zero-order chi connectivity index (χ0) is 13.1. The highest BCUT2D eigenvalue weighted by atomic mass is 127. The molecule has 2 aromatic heterocycles. The van der Waals surface area contributed by atoms with Crippen molar-refractivity contribution in [3.05, 3.63) is 44.0 Å². The van der Waals surface area contributed by atoms with E-state index in [1.54, 1.807) is 23.9 Å². The summed E-state index contributed by atoms with van der Waals surface area (Å²) in [6.07, 6.45) is 4.64. The molecule has 0 aliphatic rings. The summed E-state index contributed by atoms with van der Waals surface area (Å²) in [4.78, 5) is 24.3. The number of nitrogens with one attached hydrogen (secondary N) is 1. The molecule has 0 saturated carbocycles. The van der Waals surface area contributed by atoms with Crippen LogP contribution in [0.4, 0.5) is 5.82 Å². The lowest BCUT2D eigenvalue weighted by atomic mass is 10.4. The topological polar surface area (TPSA) is 98.7 Å². The molecule has 0 aliphatic heterocycles. The van der Waals surface area contributed by atoms with Crippen LogP contribution in [0.25, 0.3) is 0 Å². The van der Waals surface area contributed by atoms with E-state index in [2.05, 4.69) is 20.4 Å². The second kappa shape index (κ2) is 5.40. The number of halogens is 1. The van der Waals surface area contributed by atoms with Crippen molar-refractivity contribution in [3.63, 3.8) is 0 Å². The second-order valence-electron chi connectivity index (χ2n) is 3.58. The molecule has 2 rings (SSSR count). The number of anilines is 1. The van der Waals surface area contributed by atoms with Crippen LogP contribution < -0.4 is 16.8 Å². The van der Waals surface area contributed by atoms with Crippen LogP contribution in [0.3, 0.4) is 0 Å². The molecule has 7 nitrogen and oxygen atoms in total. The van der Waals surface area contributed by atoms with E-state index in [0.29, 0.717) is 27.5 Å². The number of aromatic nitrogens is 4. The number of nitrogen functional groups attached to an aromatic ring is 1. The van der Waals surface area contributed by atoms with Gasteiger partial charge in [-0.25, -0.2) is 15.8 Å². The molecule has 0 aromatic carbocycles. The molecule has 0 unspecified atom stereocenters. The first kappa shape index (κ1) is 12.9. The number of hydrogen-bond acceptors (Lipinski definition) is 6. The zero-order valence-corrected chi connectivity index (χ0v) is 11.7. The van der Waals surface area contributed by atoms with Crippen LogP contribution >= 0.6 is 22.6 Å². The van der Waals surface area contributed by atoms with Crippen molar-refractivity contribution in [1.29, 1.82) is 0 Å². The molecule has 8 heteroatoms. The SMILES string of the molecule is Cc1ncc(I)c(=O)n1Cc1cnc(NN)cn1. The summed E-state index contributed by atoms with van der Waals surface area (Å²) < 4.78 is 2.13. The fraction of sp³-hybridized carbons (Fsp3) is 0.200. The van der Waals surface area contributed by atoms with Crippen molar-refractivity contribution < 1.29 is 0 Å². The quantitative estimate of drug-likeness (QED) is 0.465. The van der Waals surface area contributed by atoms with Crippen LogP contribution in [0.5, 0.6) is 0 Å². The summed E-state index contributed by atoms with van der Waals surface area (Å²) in [5.74, 6) is 6.32. The molecule has 18 heavy (non-hydrogen) atoms. The van der Waals surface area contributed by atoms with Gasteiger partial charge in [0.15, 0.2) is 5.82 Å². The summed E-state index contributed by atoms with van der Waals surface area (Å²) in [6, 6.07) is 0. The third kappa shape index (κ3) is 2.64. The Kier molecular flexibility index (Phi) is 3.87. The number of aryl methyl sites for hydroxylation is 1. The first-order chi connectivity index (χ1) is 8.61. The average molecular weight is 358 g/mol. The molecular weight excluding hydrogens is 347 g/mol. The zero-order valence-electron chi connectivity index (χ0n) is 9.59. The van der Waals surface area contributed by atoms with Crippen LogP contribution in [0.1, 0.15) is 11.5 Å². The van der Waals surface area contributed by atoms with Gasteiger partial charge in [0.25, 0.3) is 5.56 Å². The number of nitrogens with two attached hydrogens (primary N) is 1. The average Bonchev–Trinajstić information content (AvgIpc) is 2.40. The van der Waals surface area contributed by atoms with E-state index in [1.807, 2.05) is 22.6 Å². The molecular formula is C10H11IN6O. The number of hydrazine groups is 1. The van der Waals surface area contributed by atoms with Gasteiger partial charge in [-0.3, -0.25) is 14.3 Å². The molecule has 0 radical (unpaired) electrons. The van der Waals surface area contributed by atoms with Gasteiger partial charge in [0.1, 0.15) is 5.82 Å². The van der Waals surface area contributed by atoms with E-state index in [0.717, 1.165) is 0 Å². The number of rotatable bonds is 3. The van der Waals surface area contributed by atoms with Crippen LogP contribution in [-0.4, -0.2) is 19.5 Å². The van der Waals surface area contributed by atoms with Crippen LogP contribution in [0.15, 0.2) is 23.4 Å². The molecule has 2 aromatic rings. The van der Waals surface area contributed by atoms with Crippen molar-refractivity contribution in [2.75, 3.05) is 5.43 Å². The minimum Gasteiger partial charge on any atom is -0.307 e. The minimum atomic E-state index is -0.0778. The third-order valence-electron chi connectivity index (χ3n) is 2.38. The predicted molar refractivity (Wildman–Crippen MR) is 74.9 cm³/mol. The van der Waals surface area contributed by atoms with E-state index in [4.69, 9.17) is 5.84 Å². The minimum absolute atomic E-state index is 0.0778. The van der Waals surface area contributed by atoms with E-state index >= 15 is 0 Å². The number of hydrogen-bond donors (Lipinski definition) is 2. The number of nitrogens with zero attached hydrogens (tertiary/aromatic N) is 4. The normalized spacial score (nSPS) is 10.4. The lowest BCUT2D eigenvalue weighted by Gasteiger charge is -2.08. The van der Waals surface area contributed by atoms with E-state index < -0.39 is 0 Å².